The minimum atomic E-state index is 0.451. The summed E-state index contributed by atoms with van der Waals surface area (Å²) in [6.07, 6.45) is 6.36. The van der Waals surface area contributed by atoms with Gasteiger partial charge in [0, 0.05) is 11.7 Å². The van der Waals surface area contributed by atoms with Gasteiger partial charge in [-0.1, -0.05) is 26.0 Å². The van der Waals surface area contributed by atoms with Gasteiger partial charge in [0.25, 0.3) is 0 Å². The molecule has 1 N–H and O–H groups in total. The number of benzene rings is 1. The summed E-state index contributed by atoms with van der Waals surface area (Å²) in [7, 11) is 0. The molecule has 1 aromatic carbocycles. The Kier molecular flexibility index (Phi) is 3.38. The number of nitrogens with one attached hydrogen (secondary N) is 1. The molecule has 1 unspecified atom stereocenters. The molecular formula is C16H21N3. The summed E-state index contributed by atoms with van der Waals surface area (Å²) in [5.74, 6) is 0.577. The Morgan fingerprint density at radius 1 is 1.26 bits per heavy atom. The number of rotatable bonds is 3. The quantitative estimate of drug-likeness (QED) is 0.910. The normalized spacial score (nSPS) is 19.2. The predicted octanol–water partition coefficient (Wildman–Crippen LogP) is 3.42. The summed E-state index contributed by atoms with van der Waals surface area (Å²) >= 11 is 0. The highest BCUT2D eigenvalue weighted by atomic mass is 15.1. The maximum absolute atomic E-state index is 4.32. The van der Waals surface area contributed by atoms with Crippen molar-refractivity contribution in [1.82, 2.24) is 14.9 Å². The van der Waals surface area contributed by atoms with Crippen molar-refractivity contribution in [3.05, 3.63) is 48.0 Å². The topological polar surface area (TPSA) is 29.9 Å². The van der Waals surface area contributed by atoms with E-state index in [1.165, 1.54) is 29.8 Å². The van der Waals surface area contributed by atoms with Gasteiger partial charge >= 0.3 is 0 Å². The molecule has 1 aliphatic rings. The summed E-state index contributed by atoms with van der Waals surface area (Å²) in [6.45, 7) is 5.56. The average Bonchev–Trinajstić information content (AvgIpc) is 3.09. The zero-order chi connectivity index (χ0) is 13.2. The van der Waals surface area contributed by atoms with E-state index in [1.807, 2.05) is 12.5 Å². The maximum Gasteiger partial charge on any atom is 0.0994 e. The number of imidazole rings is 1. The molecule has 1 fully saturated rings. The van der Waals surface area contributed by atoms with E-state index >= 15 is 0 Å². The first-order valence-electron chi connectivity index (χ1n) is 7.11. The Morgan fingerprint density at radius 2 is 2.05 bits per heavy atom. The molecule has 2 heterocycles. The lowest BCUT2D eigenvalue weighted by molar-refractivity contribution is 0.615. The molecule has 2 aromatic rings. The van der Waals surface area contributed by atoms with Gasteiger partial charge in [-0.05, 0) is 43.0 Å². The Labute approximate surface area is 114 Å². The lowest BCUT2D eigenvalue weighted by Crippen LogP contribution is -2.16. The van der Waals surface area contributed by atoms with Crippen LogP contribution in [0.4, 0.5) is 0 Å². The van der Waals surface area contributed by atoms with Gasteiger partial charge in [-0.15, -0.1) is 0 Å². The number of hydrogen-bond donors (Lipinski definition) is 1. The lowest BCUT2D eigenvalue weighted by atomic mass is 10.0. The van der Waals surface area contributed by atoms with Crippen LogP contribution in [0.1, 0.15) is 49.9 Å². The molecule has 0 bridgehead atoms. The molecule has 1 saturated heterocycles. The first-order valence-corrected chi connectivity index (χ1v) is 7.11. The zero-order valence-electron chi connectivity index (χ0n) is 11.6. The molecule has 0 aliphatic carbocycles. The molecule has 1 aliphatic heterocycles. The van der Waals surface area contributed by atoms with Crippen molar-refractivity contribution in [2.24, 2.45) is 0 Å². The van der Waals surface area contributed by atoms with Gasteiger partial charge in [0.05, 0.1) is 18.2 Å². The summed E-state index contributed by atoms with van der Waals surface area (Å²) in [5.41, 5.74) is 3.85. The van der Waals surface area contributed by atoms with Crippen molar-refractivity contribution in [3.8, 4) is 5.69 Å². The third-order valence-corrected chi connectivity index (χ3v) is 3.92. The van der Waals surface area contributed by atoms with Crippen molar-refractivity contribution in [3.63, 3.8) is 0 Å². The van der Waals surface area contributed by atoms with Crippen LogP contribution in [0.25, 0.3) is 5.69 Å². The van der Waals surface area contributed by atoms with E-state index in [-0.39, 0.29) is 0 Å². The zero-order valence-corrected chi connectivity index (χ0v) is 11.6. The first kappa shape index (κ1) is 12.4. The Morgan fingerprint density at radius 3 is 2.68 bits per heavy atom. The van der Waals surface area contributed by atoms with Crippen molar-refractivity contribution in [1.29, 1.82) is 0 Å². The van der Waals surface area contributed by atoms with Crippen molar-refractivity contribution in [2.45, 2.75) is 38.6 Å². The molecule has 3 heteroatoms. The maximum atomic E-state index is 4.32. The molecule has 3 rings (SSSR count). The molecule has 0 radical (unpaired) electrons. The molecule has 1 atom stereocenters. The van der Waals surface area contributed by atoms with E-state index < -0.39 is 0 Å². The van der Waals surface area contributed by atoms with Gasteiger partial charge in [-0.2, -0.15) is 0 Å². The van der Waals surface area contributed by atoms with Gasteiger partial charge < -0.3 is 9.88 Å². The summed E-state index contributed by atoms with van der Waals surface area (Å²) in [5, 5.41) is 3.54. The highest BCUT2D eigenvalue weighted by Crippen LogP contribution is 2.25. The smallest absolute Gasteiger partial charge is 0.0994 e. The van der Waals surface area contributed by atoms with E-state index in [9.17, 15) is 0 Å². The van der Waals surface area contributed by atoms with Gasteiger partial charge in [-0.25, -0.2) is 4.98 Å². The van der Waals surface area contributed by atoms with Crippen molar-refractivity contribution in [2.75, 3.05) is 6.54 Å². The van der Waals surface area contributed by atoms with Crippen LogP contribution in [-0.4, -0.2) is 16.1 Å². The van der Waals surface area contributed by atoms with Crippen LogP contribution >= 0.6 is 0 Å². The van der Waals surface area contributed by atoms with Gasteiger partial charge in [0.1, 0.15) is 0 Å². The van der Waals surface area contributed by atoms with E-state index in [1.54, 1.807) is 0 Å². The molecule has 0 amide bonds. The monoisotopic (exact) mass is 255 g/mol. The second-order valence-corrected chi connectivity index (χ2v) is 5.58. The van der Waals surface area contributed by atoms with Crippen molar-refractivity contribution >= 4 is 0 Å². The number of hydrogen-bond acceptors (Lipinski definition) is 2. The predicted molar refractivity (Wildman–Crippen MR) is 77.6 cm³/mol. The summed E-state index contributed by atoms with van der Waals surface area (Å²) < 4.78 is 2.20. The Bertz CT molecular complexity index is 533. The molecule has 100 valence electrons. The third-order valence-electron chi connectivity index (χ3n) is 3.92. The van der Waals surface area contributed by atoms with E-state index in [0.717, 1.165) is 6.54 Å². The summed E-state index contributed by atoms with van der Waals surface area (Å²) in [6, 6.07) is 9.26. The molecule has 0 saturated carbocycles. The van der Waals surface area contributed by atoms with Crippen LogP contribution in [0, 0.1) is 0 Å². The summed E-state index contributed by atoms with van der Waals surface area (Å²) in [4.78, 5) is 4.32. The van der Waals surface area contributed by atoms with Crippen LogP contribution in [-0.2, 0) is 0 Å². The fourth-order valence-electron chi connectivity index (χ4n) is 2.74. The Hall–Kier alpha value is -1.61. The van der Waals surface area contributed by atoms with E-state index in [4.69, 9.17) is 0 Å². The van der Waals surface area contributed by atoms with Crippen LogP contribution in [0.3, 0.4) is 0 Å². The number of aromatic nitrogens is 2. The van der Waals surface area contributed by atoms with E-state index in [2.05, 4.69) is 53.0 Å². The third kappa shape index (κ3) is 2.43. The van der Waals surface area contributed by atoms with E-state index in [0.29, 0.717) is 12.0 Å². The van der Waals surface area contributed by atoms with Crippen LogP contribution < -0.4 is 5.32 Å². The highest BCUT2D eigenvalue weighted by Gasteiger charge is 2.20. The van der Waals surface area contributed by atoms with Crippen LogP contribution in [0.2, 0.25) is 0 Å². The second kappa shape index (κ2) is 5.17. The Balaban J connectivity index is 1.91. The first-order chi connectivity index (χ1) is 9.25. The van der Waals surface area contributed by atoms with Gasteiger partial charge in [0.2, 0.25) is 0 Å². The average molecular weight is 255 g/mol. The molecular weight excluding hydrogens is 234 g/mol. The van der Waals surface area contributed by atoms with Gasteiger partial charge in [0.15, 0.2) is 0 Å². The van der Waals surface area contributed by atoms with Crippen LogP contribution in [0.5, 0.6) is 0 Å². The second-order valence-electron chi connectivity index (χ2n) is 5.58. The molecule has 3 nitrogen and oxygen atoms in total. The minimum absolute atomic E-state index is 0.451. The SMILES string of the molecule is CC(C)c1ccc(-n2cncc2C2CCCN2)cc1. The number of nitrogens with zero attached hydrogens (tertiary/aromatic N) is 2. The largest absolute Gasteiger partial charge is 0.309 e. The van der Waals surface area contributed by atoms with Crippen LogP contribution in [0.15, 0.2) is 36.8 Å². The molecule has 0 spiro atoms. The highest BCUT2D eigenvalue weighted by molar-refractivity contribution is 5.37. The van der Waals surface area contributed by atoms with Crippen molar-refractivity contribution < 1.29 is 0 Å². The fraction of sp³-hybridized carbons (Fsp3) is 0.438. The standard InChI is InChI=1S/C16H21N3/c1-12(2)13-5-7-14(8-6-13)19-11-17-10-16(19)15-4-3-9-18-15/h5-8,10-12,15,18H,3-4,9H2,1-2H3. The molecule has 1 aromatic heterocycles. The van der Waals surface area contributed by atoms with Gasteiger partial charge in [-0.3, -0.25) is 0 Å². The fourth-order valence-corrected chi connectivity index (χ4v) is 2.74. The lowest BCUT2D eigenvalue weighted by Gasteiger charge is -2.14. The minimum Gasteiger partial charge on any atom is -0.309 e. The molecule has 19 heavy (non-hydrogen) atoms.